The Bertz CT molecular complexity index is 596. The average molecular weight is 332 g/mol. The van der Waals surface area contributed by atoms with E-state index in [4.69, 9.17) is 0 Å². The Hall–Kier alpha value is -2.17. The van der Waals surface area contributed by atoms with E-state index in [2.05, 4.69) is 19.2 Å². The molecule has 1 N–H and O–H groups in total. The first-order chi connectivity index (χ1) is 11.5. The van der Waals surface area contributed by atoms with Crippen LogP contribution in [0, 0.1) is 0 Å². The quantitative estimate of drug-likeness (QED) is 0.813. The molecule has 1 aromatic rings. The van der Waals surface area contributed by atoms with Gasteiger partial charge in [0.1, 0.15) is 6.04 Å². The number of fused-ring (bicyclic) bond motifs is 1. The molecule has 1 aromatic carbocycles. The van der Waals surface area contributed by atoms with Gasteiger partial charge in [0.15, 0.2) is 0 Å². The van der Waals surface area contributed by atoms with E-state index in [1.807, 2.05) is 39.0 Å². The van der Waals surface area contributed by atoms with Gasteiger partial charge in [-0.05, 0) is 29.5 Å². The first kappa shape index (κ1) is 19.9. The average Bonchev–Trinajstić information content (AvgIpc) is 2.90. The number of nitrogens with one attached hydrogen (secondary N) is 1. The van der Waals surface area contributed by atoms with E-state index in [-0.39, 0.29) is 5.91 Å². The van der Waals surface area contributed by atoms with Crippen molar-refractivity contribution in [1.29, 1.82) is 0 Å². The molecule has 1 unspecified atom stereocenters. The molecule has 1 atom stereocenters. The zero-order chi connectivity index (χ0) is 18.3. The predicted molar refractivity (Wildman–Crippen MR) is 94.7 cm³/mol. The van der Waals surface area contributed by atoms with E-state index in [0.29, 0.717) is 30.9 Å². The number of carbonyl (C=O) groups is 3. The Balaban J connectivity index is 0.00000139. The van der Waals surface area contributed by atoms with E-state index in [1.165, 1.54) is 5.56 Å². The minimum atomic E-state index is -0.599. The van der Waals surface area contributed by atoms with Gasteiger partial charge in [0.05, 0.1) is 0 Å². The molecule has 0 saturated carbocycles. The maximum Gasteiger partial charge on any atom is 0.255 e. The molecule has 1 aliphatic rings. The lowest BCUT2D eigenvalue weighted by molar-refractivity contribution is -0.129. The summed E-state index contributed by atoms with van der Waals surface area (Å²) in [6.45, 7) is 10.6. The van der Waals surface area contributed by atoms with Gasteiger partial charge < -0.3 is 4.90 Å². The number of hydrogen-bond acceptors (Lipinski definition) is 3. The molecular weight excluding hydrogens is 304 g/mol. The van der Waals surface area contributed by atoms with Gasteiger partial charge in [-0.15, -0.1) is 0 Å². The Labute approximate surface area is 144 Å². The summed E-state index contributed by atoms with van der Waals surface area (Å²) >= 11 is 0. The maximum absolute atomic E-state index is 12.6. The fraction of sp³-hybridized carbons (Fsp3) is 0.526. The molecule has 5 nitrogen and oxygen atoms in total. The molecule has 0 spiro atoms. The van der Waals surface area contributed by atoms with E-state index in [0.717, 1.165) is 12.0 Å². The molecule has 0 radical (unpaired) electrons. The summed E-state index contributed by atoms with van der Waals surface area (Å²) in [5.74, 6) is -0.161. The van der Waals surface area contributed by atoms with Crippen LogP contribution in [0.3, 0.4) is 0 Å². The standard InChI is InChI=1S/C17H22N2O3.C2H6/c1-4-5-15(16(21)18-10-20)19-9-13-8-12(11(2)3)6-7-14(13)17(19)22;1-2/h6-8,10-11,15H,4-5,9H2,1-3H3,(H,18,20,21);1-2H3. The number of nitrogens with zero attached hydrogens (tertiary/aromatic N) is 1. The second-order valence-electron chi connectivity index (χ2n) is 5.94. The van der Waals surface area contributed by atoms with Crippen LogP contribution in [0.25, 0.3) is 0 Å². The molecule has 2 rings (SSSR count). The van der Waals surface area contributed by atoms with Gasteiger partial charge in [-0.1, -0.05) is 53.2 Å². The number of rotatable bonds is 6. The van der Waals surface area contributed by atoms with Crippen LogP contribution >= 0.6 is 0 Å². The van der Waals surface area contributed by atoms with Gasteiger partial charge in [-0.3, -0.25) is 19.7 Å². The molecule has 0 saturated heterocycles. The molecule has 1 heterocycles. The zero-order valence-electron chi connectivity index (χ0n) is 15.3. The molecule has 0 fully saturated rings. The SMILES string of the molecule is CC.CCCC(C(=O)NC=O)N1Cc2cc(C(C)C)ccc2C1=O. The van der Waals surface area contributed by atoms with Crippen molar-refractivity contribution < 1.29 is 14.4 Å². The van der Waals surface area contributed by atoms with Gasteiger partial charge in [0.2, 0.25) is 12.3 Å². The number of amides is 3. The first-order valence-corrected chi connectivity index (χ1v) is 8.67. The zero-order valence-corrected chi connectivity index (χ0v) is 15.3. The van der Waals surface area contributed by atoms with Crippen molar-refractivity contribution in [2.45, 2.75) is 66.0 Å². The molecule has 1 aliphatic heterocycles. The van der Waals surface area contributed by atoms with Gasteiger partial charge in [-0.2, -0.15) is 0 Å². The third-order valence-corrected chi connectivity index (χ3v) is 4.07. The summed E-state index contributed by atoms with van der Waals surface area (Å²) in [7, 11) is 0. The van der Waals surface area contributed by atoms with Crippen molar-refractivity contribution in [3.05, 3.63) is 34.9 Å². The normalized spacial score (nSPS) is 13.9. The molecule has 132 valence electrons. The fourth-order valence-electron chi connectivity index (χ4n) is 2.83. The Kier molecular flexibility index (Phi) is 7.62. The third-order valence-electron chi connectivity index (χ3n) is 4.07. The maximum atomic E-state index is 12.6. The molecule has 24 heavy (non-hydrogen) atoms. The summed E-state index contributed by atoms with van der Waals surface area (Å²) in [6, 6.07) is 5.25. The van der Waals surface area contributed by atoms with E-state index >= 15 is 0 Å². The highest BCUT2D eigenvalue weighted by Crippen LogP contribution is 2.29. The van der Waals surface area contributed by atoms with Crippen LogP contribution in [0.5, 0.6) is 0 Å². The van der Waals surface area contributed by atoms with Crippen LogP contribution in [0.2, 0.25) is 0 Å². The minimum Gasteiger partial charge on any atom is -0.322 e. The lowest BCUT2D eigenvalue weighted by Crippen LogP contribution is -2.46. The highest BCUT2D eigenvalue weighted by atomic mass is 16.2. The van der Waals surface area contributed by atoms with Crippen molar-refractivity contribution in [2.24, 2.45) is 0 Å². The molecule has 5 heteroatoms. The van der Waals surface area contributed by atoms with Gasteiger partial charge in [-0.25, -0.2) is 0 Å². The number of carbonyl (C=O) groups excluding carboxylic acids is 3. The Morgan fingerprint density at radius 2 is 2.00 bits per heavy atom. The summed E-state index contributed by atoms with van der Waals surface area (Å²) in [5.41, 5.74) is 2.79. The van der Waals surface area contributed by atoms with Crippen LogP contribution < -0.4 is 5.32 Å². The second kappa shape index (κ2) is 9.21. The van der Waals surface area contributed by atoms with Crippen LogP contribution in [0.15, 0.2) is 18.2 Å². The van der Waals surface area contributed by atoms with Gasteiger partial charge >= 0.3 is 0 Å². The molecule has 3 amide bonds. The predicted octanol–water partition coefficient (Wildman–Crippen LogP) is 3.23. The van der Waals surface area contributed by atoms with E-state index in [1.54, 1.807) is 4.90 Å². The topological polar surface area (TPSA) is 66.5 Å². The monoisotopic (exact) mass is 332 g/mol. The first-order valence-electron chi connectivity index (χ1n) is 8.67. The van der Waals surface area contributed by atoms with Crippen LogP contribution in [-0.2, 0) is 16.1 Å². The van der Waals surface area contributed by atoms with Crippen LogP contribution in [0.4, 0.5) is 0 Å². The summed E-state index contributed by atoms with van der Waals surface area (Å²) in [5, 5.41) is 2.17. The lowest BCUT2D eigenvalue weighted by Gasteiger charge is -2.25. The second-order valence-corrected chi connectivity index (χ2v) is 5.94. The molecule has 0 aliphatic carbocycles. The molecule has 0 bridgehead atoms. The van der Waals surface area contributed by atoms with Crippen molar-refractivity contribution in [3.8, 4) is 0 Å². The minimum absolute atomic E-state index is 0.134. The van der Waals surface area contributed by atoms with Crippen LogP contribution in [-0.4, -0.2) is 29.2 Å². The Morgan fingerprint density at radius 1 is 1.33 bits per heavy atom. The fourth-order valence-corrected chi connectivity index (χ4v) is 2.83. The number of hydrogen-bond donors (Lipinski definition) is 1. The molecule has 0 aromatic heterocycles. The molecular formula is C19H28N2O3. The smallest absolute Gasteiger partial charge is 0.255 e. The van der Waals surface area contributed by atoms with Gasteiger partial charge in [0, 0.05) is 12.1 Å². The number of imide groups is 1. The summed E-state index contributed by atoms with van der Waals surface area (Å²) in [6.07, 6.45) is 1.67. The van der Waals surface area contributed by atoms with Crippen molar-refractivity contribution in [2.75, 3.05) is 0 Å². The lowest BCUT2D eigenvalue weighted by atomic mass is 9.98. The Morgan fingerprint density at radius 3 is 2.54 bits per heavy atom. The largest absolute Gasteiger partial charge is 0.322 e. The number of benzene rings is 1. The highest BCUT2D eigenvalue weighted by molar-refractivity contribution is 6.02. The summed E-state index contributed by atoms with van der Waals surface area (Å²) in [4.78, 5) is 36.7. The van der Waals surface area contributed by atoms with E-state index < -0.39 is 11.9 Å². The van der Waals surface area contributed by atoms with Crippen LogP contribution in [0.1, 0.15) is 74.9 Å². The van der Waals surface area contributed by atoms with E-state index in [9.17, 15) is 14.4 Å². The van der Waals surface area contributed by atoms with Crippen molar-refractivity contribution in [3.63, 3.8) is 0 Å². The van der Waals surface area contributed by atoms with Crippen molar-refractivity contribution >= 4 is 18.2 Å². The van der Waals surface area contributed by atoms with Crippen molar-refractivity contribution in [1.82, 2.24) is 10.2 Å². The third kappa shape index (κ3) is 4.22. The highest BCUT2D eigenvalue weighted by Gasteiger charge is 2.35. The summed E-state index contributed by atoms with van der Waals surface area (Å²) < 4.78 is 0. The van der Waals surface area contributed by atoms with Gasteiger partial charge in [0.25, 0.3) is 5.91 Å².